The molecule has 1 aromatic rings. The Morgan fingerprint density at radius 3 is 2.33 bits per heavy atom. The minimum Gasteiger partial charge on any atom is -0.467 e. The fourth-order valence-electron chi connectivity index (χ4n) is 2.01. The zero-order chi connectivity index (χ0) is 18.1. The molecule has 0 unspecified atom stereocenters. The lowest BCUT2D eigenvalue weighted by Gasteiger charge is -2.18. The second kappa shape index (κ2) is 6.68. The fourth-order valence-corrected chi connectivity index (χ4v) is 2.92. The molecule has 2 rings (SSSR count). The molecule has 1 atom stereocenters. The second-order valence-electron chi connectivity index (χ2n) is 4.87. The Labute approximate surface area is 139 Å². The number of amides is 2. The van der Waals surface area contributed by atoms with E-state index < -0.39 is 34.9 Å². The van der Waals surface area contributed by atoms with Gasteiger partial charge in [0.1, 0.15) is 6.04 Å². The van der Waals surface area contributed by atoms with Crippen LogP contribution < -0.4 is 0 Å². The Balaban J connectivity index is 2.24. The Morgan fingerprint density at radius 1 is 1.25 bits per heavy atom. The third kappa shape index (κ3) is 3.61. The first-order valence-corrected chi connectivity index (χ1v) is 7.49. The molecule has 1 saturated heterocycles. The molecule has 0 aliphatic carbocycles. The zero-order valence-electron chi connectivity index (χ0n) is 12.6. The summed E-state index contributed by atoms with van der Waals surface area (Å²) in [5.41, 5.74) is -0.480. The van der Waals surface area contributed by atoms with Crippen molar-refractivity contribution in [2.45, 2.75) is 19.1 Å². The molecule has 0 radical (unpaired) electrons. The molecule has 2 amide bonds. The van der Waals surface area contributed by atoms with Gasteiger partial charge >= 0.3 is 12.1 Å². The number of benzene rings is 1. The van der Waals surface area contributed by atoms with Crippen molar-refractivity contribution in [3.63, 3.8) is 0 Å². The van der Waals surface area contributed by atoms with Crippen LogP contribution in [0.5, 0.6) is 0 Å². The Hall–Kier alpha value is -2.29. The van der Waals surface area contributed by atoms with Crippen molar-refractivity contribution in [2.75, 3.05) is 7.11 Å². The molecule has 1 fully saturated rings. The van der Waals surface area contributed by atoms with Crippen LogP contribution in [-0.2, 0) is 20.5 Å². The summed E-state index contributed by atoms with van der Waals surface area (Å²) in [5, 5.41) is -0.643. The summed E-state index contributed by atoms with van der Waals surface area (Å²) in [7, 11) is 1.13. The molecule has 5 nitrogen and oxygen atoms in total. The van der Waals surface area contributed by atoms with E-state index >= 15 is 0 Å². The lowest BCUT2D eigenvalue weighted by molar-refractivity contribution is -0.148. The molecular weight excluding hydrogens is 347 g/mol. The van der Waals surface area contributed by atoms with Crippen LogP contribution >= 0.6 is 11.8 Å². The quantitative estimate of drug-likeness (QED) is 0.612. The smallest absolute Gasteiger partial charge is 0.416 e. The number of hydrogen-bond donors (Lipinski definition) is 0. The van der Waals surface area contributed by atoms with E-state index in [4.69, 9.17) is 0 Å². The third-order valence-corrected chi connectivity index (χ3v) is 4.17. The largest absolute Gasteiger partial charge is 0.467 e. The average Bonchev–Trinajstić information content (AvgIpc) is 2.79. The van der Waals surface area contributed by atoms with Crippen LogP contribution in [0.2, 0.25) is 0 Å². The topological polar surface area (TPSA) is 63.7 Å². The van der Waals surface area contributed by atoms with E-state index in [2.05, 4.69) is 4.74 Å². The van der Waals surface area contributed by atoms with Crippen LogP contribution in [0.3, 0.4) is 0 Å². The molecule has 128 valence electrons. The monoisotopic (exact) mass is 359 g/mol. The first-order chi connectivity index (χ1) is 11.1. The molecule has 1 heterocycles. The van der Waals surface area contributed by atoms with Crippen LogP contribution in [0.4, 0.5) is 18.0 Å². The first-order valence-electron chi connectivity index (χ1n) is 6.67. The van der Waals surface area contributed by atoms with Gasteiger partial charge in [-0.2, -0.15) is 13.2 Å². The number of nitrogens with zero attached hydrogens (tertiary/aromatic N) is 1. The van der Waals surface area contributed by atoms with Crippen molar-refractivity contribution in [2.24, 2.45) is 0 Å². The molecule has 1 aliphatic heterocycles. The summed E-state index contributed by atoms with van der Waals surface area (Å²) in [6.07, 6.45) is -3.15. The maximum absolute atomic E-state index is 12.5. The molecule has 1 aromatic carbocycles. The van der Waals surface area contributed by atoms with Crippen LogP contribution in [0.15, 0.2) is 29.2 Å². The number of ether oxygens (including phenoxy) is 1. The number of hydrogen-bond acceptors (Lipinski definition) is 5. The normalized spacial score (nSPS) is 18.2. The highest BCUT2D eigenvalue weighted by molar-refractivity contribution is 8.18. The summed E-state index contributed by atoms with van der Waals surface area (Å²) in [6.45, 7) is 1.35. The maximum Gasteiger partial charge on any atom is 0.416 e. The van der Waals surface area contributed by atoms with Gasteiger partial charge in [-0.25, -0.2) is 4.79 Å². The number of imide groups is 1. The summed E-state index contributed by atoms with van der Waals surface area (Å²) in [4.78, 5) is 36.4. The van der Waals surface area contributed by atoms with Gasteiger partial charge in [-0.05, 0) is 42.5 Å². The maximum atomic E-state index is 12.5. The van der Waals surface area contributed by atoms with Crippen molar-refractivity contribution >= 4 is 35.0 Å². The van der Waals surface area contributed by atoms with Gasteiger partial charge in [-0.15, -0.1) is 0 Å². The predicted octanol–water partition coefficient (Wildman–Crippen LogP) is 3.30. The number of rotatable bonds is 3. The van der Waals surface area contributed by atoms with E-state index in [1.54, 1.807) is 0 Å². The summed E-state index contributed by atoms with van der Waals surface area (Å²) >= 11 is 0.611. The number of carbonyl (C=O) groups is 3. The molecular formula is C15H12F3NO4S. The van der Waals surface area contributed by atoms with Crippen LogP contribution in [0, 0.1) is 0 Å². The minimum atomic E-state index is -4.45. The SMILES string of the molecule is COC(=O)[C@@H](C)N1C(=O)S/C(=C/c2ccc(C(F)(F)F)cc2)C1=O. The average molecular weight is 359 g/mol. The summed E-state index contributed by atoms with van der Waals surface area (Å²) in [6, 6.07) is 3.07. The van der Waals surface area contributed by atoms with Gasteiger partial charge < -0.3 is 4.74 Å². The van der Waals surface area contributed by atoms with E-state index in [-0.39, 0.29) is 4.91 Å². The Morgan fingerprint density at radius 2 is 1.83 bits per heavy atom. The highest BCUT2D eigenvalue weighted by Crippen LogP contribution is 2.34. The van der Waals surface area contributed by atoms with Gasteiger partial charge in [-0.3, -0.25) is 14.5 Å². The molecule has 1 aliphatic rings. The highest BCUT2D eigenvalue weighted by Gasteiger charge is 2.41. The van der Waals surface area contributed by atoms with E-state index in [0.717, 1.165) is 24.1 Å². The van der Waals surface area contributed by atoms with E-state index in [0.29, 0.717) is 17.3 Å². The van der Waals surface area contributed by atoms with Crippen molar-refractivity contribution in [1.29, 1.82) is 0 Å². The highest BCUT2D eigenvalue weighted by atomic mass is 32.2. The van der Waals surface area contributed by atoms with Crippen molar-refractivity contribution in [3.8, 4) is 0 Å². The number of esters is 1. The van der Waals surface area contributed by atoms with Crippen molar-refractivity contribution in [1.82, 2.24) is 4.90 Å². The molecule has 0 saturated carbocycles. The molecule has 0 bridgehead atoms. The standard InChI is InChI=1S/C15H12F3NO4S/c1-8(13(21)23-2)19-12(20)11(24-14(19)22)7-9-3-5-10(6-4-9)15(16,17)18/h3-8H,1-2H3/b11-7+/t8-/m1/s1. The van der Waals surface area contributed by atoms with Crippen LogP contribution in [-0.4, -0.2) is 35.2 Å². The second-order valence-corrected chi connectivity index (χ2v) is 5.86. The number of methoxy groups -OCH3 is 1. The summed E-state index contributed by atoms with van der Waals surface area (Å²) in [5.74, 6) is -1.43. The van der Waals surface area contributed by atoms with Crippen LogP contribution in [0.1, 0.15) is 18.1 Å². The first kappa shape index (κ1) is 18.1. The third-order valence-electron chi connectivity index (χ3n) is 3.29. The number of carbonyl (C=O) groups excluding carboxylic acids is 3. The molecule has 24 heavy (non-hydrogen) atoms. The molecule has 9 heteroatoms. The van der Waals surface area contributed by atoms with Crippen LogP contribution in [0.25, 0.3) is 6.08 Å². The van der Waals surface area contributed by atoms with Gasteiger partial charge in [0.05, 0.1) is 17.6 Å². The van der Waals surface area contributed by atoms with Gasteiger partial charge in [0.2, 0.25) is 0 Å². The van der Waals surface area contributed by atoms with Gasteiger partial charge in [0, 0.05) is 0 Å². The van der Waals surface area contributed by atoms with Gasteiger partial charge in [0.15, 0.2) is 0 Å². The number of thioether (sulfide) groups is 1. The number of alkyl halides is 3. The van der Waals surface area contributed by atoms with Crippen molar-refractivity contribution in [3.05, 3.63) is 40.3 Å². The Bertz CT molecular complexity index is 712. The summed E-state index contributed by atoms with van der Waals surface area (Å²) < 4.78 is 42.1. The molecule has 0 aromatic heterocycles. The van der Waals surface area contributed by atoms with E-state index in [1.807, 2.05) is 0 Å². The minimum absolute atomic E-state index is 0.0236. The molecule has 0 spiro atoms. The molecule has 0 N–H and O–H groups in total. The van der Waals surface area contributed by atoms with E-state index in [1.165, 1.54) is 25.1 Å². The van der Waals surface area contributed by atoms with Gasteiger partial charge in [0.25, 0.3) is 11.1 Å². The zero-order valence-corrected chi connectivity index (χ0v) is 13.4. The van der Waals surface area contributed by atoms with E-state index in [9.17, 15) is 27.6 Å². The van der Waals surface area contributed by atoms with Crippen molar-refractivity contribution < 1.29 is 32.3 Å². The number of halogens is 3. The van der Waals surface area contributed by atoms with Gasteiger partial charge in [-0.1, -0.05) is 12.1 Å². The fraction of sp³-hybridized carbons (Fsp3) is 0.267. The lowest BCUT2D eigenvalue weighted by atomic mass is 10.1. The lowest BCUT2D eigenvalue weighted by Crippen LogP contribution is -2.42. The predicted molar refractivity (Wildman–Crippen MR) is 80.7 cm³/mol. The Kier molecular flexibility index (Phi) is 5.02.